The maximum Gasteiger partial charge on any atom is 0.325 e. The largest absolute Gasteiger partial charge is 0.365 e. The molecule has 3 rings (SSSR count). The molecule has 0 unspecified atom stereocenters. The van der Waals surface area contributed by atoms with Gasteiger partial charge in [-0.3, -0.25) is 4.79 Å². The smallest absolute Gasteiger partial charge is 0.325 e. The van der Waals surface area contributed by atoms with Crippen LogP contribution in [0.5, 0.6) is 0 Å². The van der Waals surface area contributed by atoms with Crippen molar-refractivity contribution in [3.63, 3.8) is 0 Å². The molecule has 0 aliphatic carbocycles. The molecule has 0 radical (unpaired) electrons. The van der Waals surface area contributed by atoms with Crippen molar-refractivity contribution in [2.75, 3.05) is 11.9 Å². The molecular weight excluding hydrogens is 294 g/mol. The molecule has 0 aliphatic heterocycles. The summed E-state index contributed by atoms with van der Waals surface area (Å²) in [7, 11) is 0. The fraction of sp³-hybridized carbons (Fsp3) is 0.250. The number of aryl methyl sites for hydroxylation is 1. The molecule has 0 spiro atoms. The minimum atomic E-state index is -0.619. The third-order valence-electron chi connectivity index (χ3n) is 3.62. The molecule has 3 heterocycles. The van der Waals surface area contributed by atoms with E-state index >= 15 is 0 Å². The van der Waals surface area contributed by atoms with Gasteiger partial charge in [-0.25, -0.2) is 9.78 Å². The lowest BCUT2D eigenvalue weighted by atomic mass is 10.2. The third kappa shape index (κ3) is 2.61. The number of aromatic amines is 1. The quantitative estimate of drug-likeness (QED) is 0.698. The molecule has 23 heavy (non-hydrogen) atoms. The summed E-state index contributed by atoms with van der Waals surface area (Å²) >= 11 is 0. The Balaban J connectivity index is 2.35. The maximum atomic E-state index is 12.7. The van der Waals surface area contributed by atoms with Crippen molar-refractivity contribution in [3.8, 4) is 0 Å². The normalized spacial score (nSPS) is 11.0. The molecule has 0 aromatic carbocycles. The number of aromatic nitrogens is 3. The van der Waals surface area contributed by atoms with E-state index < -0.39 is 5.91 Å². The van der Waals surface area contributed by atoms with Crippen LogP contribution >= 0.6 is 0 Å². The Hall–Kier alpha value is -2.96. The van der Waals surface area contributed by atoms with Crippen LogP contribution in [0.3, 0.4) is 0 Å². The van der Waals surface area contributed by atoms with Crippen LogP contribution in [0.4, 0.5) is 5.82 Å². The van der Waals surface area contributed by atoms with Crippen LogP contribution in [0.25, 0.3) is 16.7 Å². The highest BCUT2D eigenvalue weighted by atomic mass is 16.1. The molecule has 3 aromatic heterocycles. The first-order valence-corrected chi connectivity index (χ1v) is 7.44. The first-order chi connectivity index (χ1) is 11.0. The molecule has 0 atom stereocenters. The number of amides is 1. The number of fused-ring (bicyclic) bond motifs is 2. The minimum Gasteiger partial charge on any atom is -0.365 e. The van der Waals surface area contributed by atoms with E-state index in [9.17, 15) is 9.59 Å². The average Bonchev–Trinajstić information content (AvgIpc) is 2.53. The lowest BCUT2D eigenvalue weighted by molar-refractivity contribution is -0.319. The Kier molecular flexibility index (Phi) is 3.69. The van der Waals surface area contributed by atoms with Gasteiger partial charge in [-0.2, -0.15) is 4.40 Å². The molecule has 7 nitrogen and oxygen atoms in total. The van der Waals surface area contributed by atoms with E-state index in [1.54, 1.807) is 6.20 Å². The molecule has 3 aromatic rings. The summed E-state index contributed by atoms with van der Waals surface area (Å²) in [4.78, 5) is 31.9. The average molecular weight is 312 g/mol. The minimum absolute atomic E-state index is 0.212. The van der Waals surface area contributed by atoms with Gasteiger partial charge >= 0.3 is 5.56 Å². The predicted molar refractivity (Wildman–Crippen MR) is 87.6 cm³/mol. The molecule has 0 bridgehead atoms. The number of hydrogen-bond acceptors (Lipinski definition) is 4. The van der Waals surface area contributed by atoms with Crippen LogP contribution in [0.1, 0.15) is 29.3 Å². The zero-order valence-corrected chi connectivity index (χ0v) is 13.0. The van der Waals surface area contributed by atoms with Gasteiger partial charge in [0, 0.05) is 12.6 Å². The first kappa shape index (κ1) is 15.0. The molecular formula is C16H18N5O2+. The Labute approximate surface area is 132 Å². The summed E-state index contributed by atoms with van der Waals surface area (Å²) in [6, 6.07) is 5.22. The highest BCUT2D eigenvalue weighted by Gasteiger charge is 2.20. The van der Waals surface area contributed by atoms with Crippen LogP contribution in [-0.4, -0.2) is 21.8 Å². The van der Waals surface area contributed by atoms with Gasteiger partial charge in [0.15, 0.2) is 0 Å². The van der Waals surface area contributed by atoms with Crippen LogP contribution in [0.15, 0.2) is 29.2 Å². The lowest BCUT2D eigenvalue weighted by Gasteiger charge is -2.06. The van der Waals surface area contributed by atoms with Crippen molar-refractivity contribution < 1.29 is 9.78 Å². The van der Waals surface area contributed by atoms with Gasteiger partial charge in [-0.15, -0.1) is 0 Å². The van der Waals surface area contributed by atoms with Crippen molar-refractivity contribution in [1.29, 1.82) is 0 Å². The number of primary amides is 1. The van der Waals surface area contributed by atoms with Crippen molar-refractivity contribution in [1.82, 2.24) is 9.38 Å². The van der Waals surface area contributed by atoms with Gasteiger partial charge < -0.3 is 11.1 Å². The fourth-order valence-electron chi connectivity index (χ4n) is 2.47. The lowest BCUT2D eigenvalue weighted by Crippen LogP contribution is -2.26. The van der Waals surface area contributed by atoms with Crippen molar-refractivity contribution in [3.05, 3.63) is 45.9 Å². The molecule has 7 heteroatoms. The number of H-pyrrole nitrogens is 1. The number of pyridine rings is 2. The molecule has 0 saturated carbocycles. The Morgan fingerprint density at radius 2 is 2.22 bits per heavy atom. The number of rotatable bonds is 4. The number of nitrogens with two attached hydrogens (primary N) is 1. The summed E-state index contributed by atoms with van der Waals surface area (Å²) < 4.78 is 1.50. The predicted octanol–water partition coefficient (Wildman–Crippen LogP) is 0.891. The zero-order chi connectivity index (χ0) is 16.6. The van der Waals surface area contributed by atoms with E-state index in [1.165, 1.54) is 10.5 Å². The highest BCUT2D eigenvalue weighted by Crippen LogP contribution is 2.16. The Morgan fingerprint density at radius 1 is 1.43 bits per heavy atom. The molecule has 0 saturated heterocycles. The number of carbonyl (C=O) groups is 1. The summed E-state index contributed by atoms with van der Waals surface area (Å²) in [5, 5.41) is 3.40. The topological polar surface area (TPSA) is 104 Å². The van der Waals surface area contributed by atoms with Crippen LogP contribution in [0.2, 0.25) is 0 Å². The van der Waals surface area contributed by atoms with E-state index in [0.29, 0.717) is 29.0 Å². The second-order valence-corrected chi connectivity index (χ2v) is 5.46. The maximum absolute atomic E-state index is 12.7. The molecule has 0 aliphatic rings. The monoisotopic (exact) mass is 312 g/mol. The van der Waals surface area contributed by atoms with Crippen molar-refractivity contribution >= 4 is 28.4 Å². The number of hydrogen-bond donors (Lipinski definition) is 2. The summed E-state index contributed by atoms with van der Waals surface area (Å²) in [6.07, 6.45) is 2.61. The fourth-order valence-corrected chi connectivity index (χ4v) is 2.47. The number of nitrogens with one attached hydrogen (secondary N) is 2. The molecule has 4 N–H and O–H groups in total. The van der Waals surface area contributed by atoms with Crippen LogP contribution < -0.4 is 21.6 Å². The standard InChI is InChI=1S/C16H17N5O2/c1-3-6-18-14-10(13(17)22)7-11-15(20-14)19-12-5-4-9(2)8-21(12)16(11)23/h4-5,7-8H,3,6H2,1-2H3,(H2,17,22)(H,18,20)/p+1. The molecule has 1 amide bonds. The second kappa shape index (κ2) is 5.68. The molecule has 118 valence electrons. The van der Waals surface area contributed by atoms with Crippen LogP contribution in [-0.2, 0) is 0 Å². The highest BCUT2D eigenvalue weighted by molar-refractivity contribution is 6.00. The van der Waals surface area contributed by atoms with E-state index in [2.05, 4.69) is 15.3 Å². The zero-order valence-electron chi connectivity index (χ0n) is 13.0. The summed E-state index contributed by atoms with van der Waals surface area (Å²) in [5.41, 5.74) is 7.40. The van der Waals surface area contributed by atoms with Gasteiger partial charge in [-0.05, 0) is 31.0 Å². The number of carbonyl (C=O) groups excluding carboxylic acids is 1. The number of nitrogens with zero attached hydrogens (tertiary/aromatic N) is 2. The van der Waals surface area contributed by atoms with E-state index in [-0.39, 0.29) is 11.1 Å². The van der Waals surface area contributed by atoms with Gasteiger partial charge in [0.2, 0.25) is 11.5 Å². The van der Waals surface area contributed by atoms with Crippen molar-refractivity contribution in [2.45, 2.75) is 20.3 Å². The Morgan fingerprint density at radius 3 is 2.91 bits per heavy atom. The summed E-state index contributed by atoms with van der Waals surface area (Å²) in [6.45, 7) is 4.57. The second-order valence-electron chi connectivity index (χ2n) is 5.46. The van der Waals surface area contributed by atoms with E-state index in [4.69, 9.17) is 5.73 Å². The van der Waals surface area contributed by atoms with Crippen molar-refractivity contribution in [2.24, 2.45) is 5.73 Å². The van der Waals surface area contributed by atoms with E-state index in [1.807, 2.05) is 26.0 Å². The third-order valence-corrected chi connectivity index (χ3v) is 3.62. The molecule has 0 fully saturated rings. The van der Waals surface area contributed by atoms with Gasteiger partial charge in [0.1, 0.15) is 5.39 Å². The Bertz CT molecular complexity index is 978. The van der Waals surface area contributed by atoms with Gasteiger partial charge in [0.25, 0.3) is 11.6 Å². The van der Waals surface area contributed by atoms with Gasteiger partial charge in [0.05, 0.1) is 11.8 Å². The SMILES string of the molecule is CCCNc1nc2[nH+]c3ccc(C)cn3c(=O)c2cc1C(N)=O. The first-order valence-electron chi connectivity index (χ1n) is 7.44. The number of anilines is 1. The van der Waals surface area contributed by atoms with Gasteiger partial charge in [-0.1, -0.05) is 11.9 Å². The van der Waals surface area contributed by atoms with Crippen LogP contribution in [0, 0.1) is 6.92 Å². The van der Waals surface area contributed by atoms with E-state index in [0.717, 1.165) is 12.0 Å². The summed E-state index contributed by atoms with van der Waals surface area (Å²) in [5.74, 6) is -0.231.